The van der Waals surface area contributed by atoms with Gasteiger partial charge in [-0.05, 0) is 31.0 Å². The SMILES string of the molecule is O=C(NCC1(O)CCCNC1)Nc1ccccc1-c1ccccc1. The summed E-state index contributed by atoms with van der Waals surface area (Å²) in [4.78, 5) is 12.2. The highest BCUT2D eigenvalue weighted by Gasteiger charge is 2.29. The summed E-state index contributed by atoms with van der Waals surface area (Å²) in [6.07, 6.45) is 1.61. The van der Waals surface area contributed by atoms with E-state index in [4.69, 9.17) is 0 Å². The van der Waals surface area contributed by atoms with Crippen LogP contribution >= 0.6 is 0 Å². The van der Waals surface area contributed by atoms with Gasteiger partial charge in [0.2, 0.25) is 0 Å². The maximum absolute atomic E-state index is 12.2. The second-order valence-corrected chi connectivity index (χ2v) is 6.22. The Morgan fingerprint density at radius 3 is 2.62 bits per heavy atom. The van der Waals surface area contributed by atoms with Gasteiger partial charge in [-0.2, -0.15) is 0 Å². The number of carbonyl (C=O) groups is 1. The molecule has 2 amide bonds. The highest BCUT2D eigenvalue weighted by Crippen LogP contribution is 2.27. The Kier molecular flexibility index (Phi) is 5.13. The number of benzene rings is 2. The van der Waals surface area contributed by atoms with Crippen molar-refractivity contribution in [1.82, 2.24) is 10.6 Å². The van der Waals surface area contributed by atoms with Crippen molar-refractivity contribution >= 4 is 11.7 Å². The molecule has 0 saturated carbocycles. The van der Waals surface area contributed by atoms with Gasteiger partial charge in [0, 0.05) is 18.7 Å². The van der Waals surface area contributed by atoms with Gasteiger partial charge in [0.1, 0.15) is 0 Å². The molecule has 0 spiro atoms. The molecule has 5 nitrogen and oxygen atoms in total. The Labute approximate surface area is 142 Å². The molecule has 4 N–H and O–H groups in total. The van der Waals surface area contributed by atoms with Crippen LogP contribution in [0, 0.1) is 0 Å². The number of nitrogens with one attached hydrogen (secondary N) is 3. The molecular formula is C19H23N3O2. The summed E-state index contributed by atoms with van der Waals surface area (Å²) in [7, 11) is 0. The largest absolute Gasteiger partial charge is 0.387 e. The van der Waals surface area contributed by atoms with E-state index in [0.717, 1.165) is 29.8 Å². The molecule has 1 fully saturated rings. The number of para-hydroxylation sites is 1. The molecule has 0 aliphatic carbocycles. The number of hydrogen-bond acceptors (Lipinski definition) is 3. The molecule has 1 saturated heterocycles. The molecular weight excluding hydrogens is 302 g/mol. The second-order valence-electron chi connectivity index (χ2n) is 6.22. The van der Waals surface area contributed by atoms with Crippen molar-refractivity contribution in [2.45, 2.75) is 18.4 Å². The molecule has 1 unspecified atom stereocenters. The number of carbonyl (C=O) groups excluding carboxylic acids is 1. The first-order chi connectivity index (χ1) is 11.7. The summed E-state index contributed by atoms with van der Waals surface area (Å²) in [5.74, 6) is 0. The zero-order valence-corrected chi connectivity index (χ0v) is 13.6. The summed E-state index contributed by atoms with van der Waals surface area (Å²) < 4.78 is 0. The van der Waals surface area contributed by atoms with Crippen LogP contribution in [0.25, 0.3) is 11.1 Å². The Bertz CT molecular complexity index is 682. The third-order valence-corrected chi connectivity index (χ3v) is 4.29. The monoisotopic (exact) mass is 325 g/mol. The van der Waals surface area contributed by atoms with E-state index in [-0.39, 0.29) is 12.6 Å². The van der Waals surface area contributed by atoms with Crippen LogP contribution < -0.4 is 16.0 Å². The molecule has 1 atom stereocenters. The molecule has 0 radical (unpaired) electrons. The van der Waals surface area contributed by atoms with E-state index in [1.807, 2.05) is 54.6 Å². The van der Waals surface area contributed by atoms with Crippen LogP contribution in [-0.4, -0.2) is 36.4 Å². The van der Waals surface area contributed by atoms with E-state index in [9.17, 15) is 9.90 Å². The van der Waals surface area contributed by atoms with E-state index in [1.165, 1.54) is 0 Å². The van der Waals surface area contributed by atoms with Gasteiger partial charge in [0.05, 0.1) is 11.3 Å². The number of β-amino-alcohol motifs (C(OH)–C–C–N with tert-alkyl or cyclic N) is 1. The Balaban J connectivity index is 1.65. The smallest absolute Gasteiger partial charge is 0.319 e. The van der Waals surface area contributed by atoms with Crippen molar-refractivity contribution in [1.29, 1.82) is 0 Å². The van der Waals surface area contributed by atoms with Crippen molar-refractivity contribution in [2.24, 2.45) is 0 Å². The third kappa shape index (κ3) is 4.13. The molecule has 126 valence electrons. The predicted molar refractivity (Wildman–Crippen MR) is 96.0 cm³/mol. The van der Waals surface area contributed by atoms with Crippen LogP contribution in [0.15, 0.2) is 54.6 Å². The Morgan fingerprint density at radius 2 is 1.88 bits per heavy atom. The lowest BCUT2D eigenvalue weighted by molar-refractivity contribution is 0.0198. The summed E-state index contributed by atoms with van der Waals surface area (Å²) in [6, 6.07) is 17.3. The van der Waals surface area contributed by atoms with Gasteiger partial charge in [-0.3, -0.25) is 0 Å². The maximum atomic E-state index is 12.2. The van der Waals surface area contributed by atoms with Gasteiger partial charge >= 0.3 is 6.03 Å². The summed E-state index contributed by atoms with van der Waals surface area (Å²) in [6.45, 7) is 1.66. The molecule has 1 heterocycles. The quantitative estimate of drug-likeness (QED) is 0.698. The lowest BCUT2D eigenvalue weighted by atomic mass is 9.94. The Hall–Kier alpha value is -2.37. The topological polar surface area (TPSA) is 73.4 Å². The van der Waals surface area contributed by atoms with Crippen molar-refractivity contribution in [3.8, 4) is 11.1 Å². The maximum Gasteiger partial charge on any atom is 0.319 e. The van der Waals surface area contributed by atoms with E-state index in [2.05, 4.69) is 16.0 Å². The highest BCUT2D eigenvalue weighted by atomic mass is 16.3. The van der Waals surface area contributed by atoms with Gasteiger partial charge < -0.3 is 21.1 Å². The number of piperidine rings is 1. The zero-order chi connectivity index (χ0) is 16.8. The first-order valence-electron chi connectivity index (χ1n) is 8.29. The molecule has 24 heavy (non-hydrogen) atoms. The molecule has 1 aliphatic rings. The minimum Gasteiger partial charge on any atom is -0.387 e. The molecule has 2 aromatic rings. The molecule has 5 heteroatoms. The van der Waals surface area contributed by atoms with Crippen LogP contribution in [0.1, 0.15) is 12.8 Å². The Morgan fingerprint density at radius 1 is 1.12 bits per heavy atom. The second kappa shape index (κ2) is 7.47. The van der Waals surface area contributed by atoms with E-state index >= 15 is 0 Å². The summed E-state index contributed by atoms with van der Waals surface area (Å²) >= 11 is 0. The molecule has 2 aromatic carbocycles. The average molecular weight is 325 g/mol. The first-order valence-corrected chi connectivity index (χ1v) is 8.29. The minimum atomic E-state index is -0.867. The van der Waals surface area contributed by atoms with Crippen LogP contribution in [0.4, 0.5) is 10.5 Å². The van der Waals surface area contributed by atoms with Gasteiger partial charge in [-0.25, -0.2) is 4.79 Å². The number of anilines is 1. The highest BCUT2D eigenvalue weighted by molar-refractivity contribution is 5.94. The first kappa shape index (κ1) is 16.5. The molecule has 3 rings (SSSR count). The zero-order valence-electron chi connectivity index (χ0n) is 13.6. The third-order valence-electron chi connectivity index (χ3n) is 4.29. The lowest BCUT2D eigenvalue weighted by Gasteiger charge is -2.32. The standard InChI is InChI=1S/C19H23N3O2/c23-18(21-14-19(24)11-6-12-20-13-19)22-17-10-5-4-9-16(17)15-7-2-1-3-8-15/h1-5,7-10,20,24H,6,11-14H2,(H2,21,22,23). The predicted octanol–water partition coefficient (Wildman–Crippen LogP) is 2.59. The lowest BCUT2D eigenvalue weighted by Crippen LogP contribution is -2.53. The van der Waals surface area contributed by atoms with Gasteiger partial charge in [-0.1, -0.05) is 48.5 Å². The number of aliphatic hydroxyl groups is 1. The average Bonchev–Trinajstić information content (AvgIpc) is 2.62. The molecule has 1 aliphatic heterocycles. The van der Waals surface area contributed by atoms with Crippen LogP contribution in [0.5, 0.6) is 0 Å². The van der Waals surface area contributed by atoms with Crippen molar-refractivity contribution in [3.05, 3.63) is 54.6 Å². The van der Waals surface area contributed by atoms with Crippen molar-refractivity contribution < 1.29 is 9.90 Å². The number of urea groups is 1. The summed E-state index contributed by atoms with van der Waals surface area (Å²) in [5.41, 5.74) is 1.89. The molecule has 0 aromatic heterocycles. The van der Waals surface area contributed by atoms with E-state index in [1.54, 1.807) is 0 Å². The van der Waals surface area contributed by atoms with Crippen molar-refractivity contribution in [3.63, 3.8) is 0 Å². The summed E-state index contributed by atoms with van der Waals surface area (Å²) in [5, 5.41) is 19.2. The fourth-order valence-corrected chi connectivity index (χ4v) is 2.98. The van der Waals surface area contributed by atoms with Gasteiger partial charge in [-0.15, -0.1) is 0 Å². The van der Waals surface area contributed by atoms with Crippen LogP contribution in [-0.2, 0) is 0 Å². The number of rotatable bonds is 4. The fourth-order valence-electron chi connectivity index (χ4n) is 2.98. The van der Waals surface area contributed by atoms with Crippen LogP contribution in [0.3, 0.4) is 0 Å². The number of hydrogen-bond donors (Lipinski definition) is 4. The van der Waals surface area contributed by atoms with Crippen LogP contribution in [0.2, 0.25) is 0 Å². The van der Waals surface area contributed by atoms with Gasteiger partial charge in [0.15, 0.2) is 0 Å². The minimum absolute atomic E-state index is 0.235. The molecule has 0 bridgehead atoms. The van der Waals surface area contributed by atoms with Crippen molar-refractivity contribution in [2.75, 3.05) is 25.0 Å². The van der Waals surface area contributed by atoms with E-state index < -0.39 is 5.60 Å². The normalized spacial score (nSPS) is 20.4. The van der Waals surface area contributed by atoms with E-state index in [0.29, 0.717) is 13.0 Å². The fraction of sp³-hybridized carbons (Fsp3) is 0.316. The number of amides is 2. The van der Waals surface area contributed by atoms with Gasteiger partial charge in [0.25, 0.3) is 0 Å².